The largest absolute Gasteiger partial charge is 0.395 e. The monoisotopic (exact) mass is 399 g/mol. The Hall–Kier alpha value is -2.28. The van der Waals surface area contributed by atoms with E-state index in [9.17, 15) is 14.3 Å². The Morgan fingerprint density at radius 1 is 1.03 bits per heavy atom. The average molecular weight is 400 g/mol. The van der Waals surface area contributed by atoms with E-state index < -0.39 is 0 Å². The van der Waals surface area contributed by atoms with Gasteiger partial charge in [-0.25, -0.2) is 4.39 Å². The summed E-state index contributed by atoms with van der Waals surface area (Å²) in [4.78, 5) is 16.2. The number of nitrogens with zero attached hydrogens (tertiary/aromatic N) is 2. The highest BCUT2D eigenvalue weighted by atomic mass is 19.1. The third-order valence-corrected chi connectivity index (χ3v) is 5.57. The van der Waals surface area contributed by atoms with E-state index in [1.54, 1.807) is 12.1 Å². The number of aliphatic hydroxyl groups excluding tert-OH is 1. The highest BCUT2D eigenvalue weighted by Crippen LogP contribution is 2.34. The van der Waals surface area contributed by atoms with Crippen molar-refractivity contribution in [2.24, 2.45) is 0 Å². The lowest BCUT2D eigenvalue weighted by Gasteiger charge is -2.47. The van der Waals surface area contributed by atoms with E-state index in [4.69, 9.17) is 0 Å². The van der Waals surface area contributed by atoms with E-state index in [1.807, 2.05) is 43.0 Å². The maximum Gasteiger partial charge on any atom is 0.236 e. The molecule has 2 aromatic rings. The molecule has 0 bridgehead atoms. The molecule has 2 N–H and O–H groups in total. The summed E-state index contributed by atoms with van der Waals surface area (Å²) in [5.41, 5.74) is 3.12. The molecule has 29 heavy (non-hydrogen) atoms. The number of nitrogens with one attached hydrogen (secondary N) is 1. The van der Waals surface area contributed by atoms with Crippen LogP contribution in [-0.4, -0.2) is 73.2 Å². The van der Waals surface area contributed by atoms with Gasteiger partial charge in [-0.15, -0.1) is 0 Å². The first-order valence-corrected chi connectivity index (χ1v) is 10.1. The van der Waals surface area contributed by atoms with Crippen molar-refractivity contribution < 1.29 is 14.3 Å². The summed E-state index contributed by atoms with van der Waals surface area (Å²) in [7, 11) is 3.78. The molecule has 2 aromatic carbocycles. The number of halogens is 1. The van der Waals surface area contributed by atoms with Gasteiger partial charge in [-0.1, -0.05) is 36.4 Å². The second-order valence-corrected chi connectivity index (χ2v) is 7.89. The predicted octanol–water partition coefficient (Wildman–Crippen LogP) is 2.32. The first kappa shape index (κ1) is 21.4. The maximum absolute atomic E-state index is 13.1. The van der Waals surface area contributed by atoms with Crippen LogP contribution in [0.5, 0.6) is 0 Å². The van der Waals surface area contributed by atoms with Gasteiger partial charge in [0.25, 0.3) is 0 Å². The molecule has 0 spiro atoms. The molecule has 156 valence electrons. The van der Waals surface area contributed by atoms with E-state index >= 15 is 0 Å². The zero-order chi connectivity index (χ0) is 21.0. The smallest absolute Gasteiger partial charge is 0.236 e. The van der Waals surface area contributed by atoms with Crippen LogP contribution in [0.4, 0.5) is 4.39 Å². The molecule has 1 aliphatic heterocycles. The molecule has 0 aliphatic carbocycles. The van der Waals surface area contributed by atoms with Gasteiger partial charge < -0.3 is 20.2 Å². The molecule has 6 heteroatoms. The highest BCUT2D eigenvalue weighted by Gasteiger charge is 2.42. The molecular weight excluding hydrogens is 369 g/mol. The lowest BCUT2D eigenvalue weighted by molar-refractivity contribution is -0.132. The molecular formula is C23H30FN3O2. The number of hydrogen-bond acceptors (Lipinski definition) is 4. The Morgan fingerprint density at radius 2 is 1.62 bits per heavy atom. The molecule has 3 atom stereocenters. The van der Waals surface area contributed by atoms with E-state index in [0.29, 0.717) is 19.6 Å². The molecule has 0 radical (unpaired) electrons. The van der Waals surface area contributed by atoms with Crippen LogP contribution in [0.15, 0.2) is 48.5 Å². The molecule has 1 amide bonds. The number of hydrogen-bond donors (Lipinski definition) is 2. The first-order chi connectivity index (χ1) is 13.9. The van der Waals surface area contributed by atoms with Crippen molar-refractivity contribution in [2.45, 2.75) is 24.9 Å². The van der Waals surface area contributed by atoms with Gasteiger partial charge in [0, 0.05) is 31.1 Å². The highest BCUT2D eigenvalue weighted by molar-refractivity contribution is 5.78. The van der Waals surface area contributed by atoms with Crippen molar-refractivity contribution in [3.8, 4) is 11.1 Å². The standard InChI is InChI=1S/C23H30FN3O2/c1-4-27(22(29)14-26(2)3)13-20-23(21(15-28)25-20)18-7-5-16(6-8-18)17-9-11-19(24)12-10-17/h5-12,20-21,23,25,28H,4,13-15H2,1-3H3/t20-,21-,23-/m0/s1. The molecule has 3 rings (SSSR count). The van der Waals surface area contributed by atoms with Gasteiger partial charge in [-0.3, -0.25) is 4.79 Å². The van der Waals surface area contributed by atoms with Crippen molar-refractivity contribution in [2.75, 3.05) is 40.3 Å². The van der Waals surface area contributed by atoms with Crippen molar-refractivity contribution in [3.63, 3.8) is 0 Å². The van der Waals surface area contributed by atoms with Crippen molar-refractivity contribution in [1.29, 1.82) is 0 Å². The van der Waals surface area contributed by atoms with E-state index in [-0.39, 0.29) is 36.3 Å². The number of carbonyl (C=O) groups excluding carboxylic acids is 1. The van der Waals surface area contributed by atoms with Crippen LogP contribution in [0.1, 0.15) is 18.4 Å². The topological polar surface area (TPSA) is 55.8 Å². The zero-order valence-corrected chi connectivity index (χ0v) is 17.3. The Balaban J connectivity index is 1.72. The Kier molecular flexibility index (Phi) is 7.00. The second-order valence-electron chi connectivity index (χ2n) is 7.89. The van der Waals surface area contributed by atoms with Crippen LogP contribution in [0.2, 0.25) is 0 Å². The number of amides is 1. The second kappa shape index (κ2) is 9.48. The predicted molar refractivity (Wildman–Crippen MR) is 113 cm³/mol. The molecule has 5 nitrogen and oxygen atoms in total. The zero-order valence-electron chi connectivity index (χ0n) is 17.3. The third-order valence-electron chi connectivity index (χ3n) is 5.57. The first-order valence-electron chi connectivity index (χ1n) is 10.1. The van der Waals surface area contributed by atoms with Crippen molar-refractivity contribution >= 4 is 5.91 Å². The minimum absolute atomic E-state index is 0.0145. The summed E-state index contributed by atoms with van der Waals surface area (Å²) >= 11 is 0. The molecule has 1 fully saturated rings. The van der Waals surface area contributed by atoms with Crippen molar-refractivity contribution in [1.82, 2.24) is 15.1 Å². The summed E-state index contributed by atoms with van der Waals surface area (Å²) in [6.45, 7) is 3.71. The Labute approximate surface area is 172 Å². The molecule has 1 aliphatic rings. The van der Waals surface area contributed by atoms with Gasteiger partial charge in [0.05, 0.1) is 13.2 Å². The lowest BCUT2D eigenvalue weighted by atomic mass is 9.77. The van der Waals surface area contributed by atoms with Crippen molar-refractivity contribution in [3.05, 3.63) is 59.9 Å². The average Bonchev–Trinajstić information content (AvgIpc) is 2.68. The van der Waals surface area contributed by atoms with Crippen LogP contribution in [-0.2, 0) is 4.79 Å². The van der Waals surface area contributed by atoms with E-state index in [0.717, 1.165) is 16.7 Å². The summed E-state index contributed by atoms with van der Waals surface area (Å²) < 4.78 is 13.1. The van der Waals surface area contributed by atoms with Crippen LogP contribution < -0.4 is 5.32 Å². The van der Waals surface area contributed by atoms with Crippen LogP contribution in [0, 0.1) is 5.82 Å². The number of aliphatic hydroxyl groups is 1. The fourth-order valence-electron chi connectivity index (χ4n) is 4.00. The molecule has 1 heterocycles. The number of carbonyl (C=O) groups is 1. The molecule has 0 unspecified atom stereocenters. The lowest BCUT2D eigenvalue weighted by Crippen LogP contribution is -2.65. The van der Waals surface area contributed by atoms with Gasteiger partial charge >= 0.3 is 0 Å². The summed E-state index contributed by atoms with van der Waals surface area (Å²) in [5, 5.41) is 13.1. The normalized spacial score (nSPS) is 21.1. The fourth-order valence-corrected chi connectivity index (χ4v) is 4.00. The molecule has 0 saturated carbocycles. The van der Waals surface area contributed by atoms with Gasteiger partial charge in [0.1, 0.15) is 5.82 Å². The van der Waals surface area contributed by atoms with Gasteiger partial charge in [0.2, 0.25) is 5.91 Å². The molecule has 1 saturated heterocycles. The van der Waals surface area contributed by atoms with Gasteiger partial charge in [-0.2, -0.15) is 0 Å². The SMILES string of the molecule is CCN(C[C@@H]1N[C@@H](CO)[C@H]1c1ccc(-c2ccc(F)cc2)cc1)C(=O)CN(C)C. The third kappa shape index (κ3) is 5.01. The minimum Gasteiger partial charge on any atom is -0.395 e. The summed E-state index contributed by atoms with van der Waals surface area (Å²) in [6, 6.07) is 14.7. The number of rotatable bonds is 8. The van der Waals surface area contributed by atoms with E-state index in [1.165, 1.54) is 12.1 Å². The van der Waals surface area contributed by atoms with Crippen LogP contribution in [0.3, 0.4) is 0 Å². The molecule has 0 aromatic heterocycles. The van der Waals surface area contributed by atoms with Crippen LogP contribution >= 0.6 is 0 Å². The maximum atomic E-state index is 13.1. The summed E-state index contributed by atoms with van der Waals surface area (Å²) in [6.07, 6.45) is 0. The Morgan fingerprint density at radius 3 is 2.14 bits per heavy atom. The number of benzene rings is 2. The number of likely N-dealkylation sites (N-methyl/N-ethyl adjacent to an activating group) is 2. The summed E-state index contributed by atoms with van der Waals surface area (Å²) in [5.74, 6) is 0.00413. The Bertz CT molecular complexity index is 808. The van der Waals surface area contributed by atoms with Crippen LogP contribution in [0.25, 0.3) is 11.1 Å². The van der Waals surface area contributed by atoms with Gasteiger partial charge in [-0.05, 0) is 49.8 Å². The van der Waals surface area contributed by atoms with Gasteiger partial charge in [0.15, 0.2) is 0 Å². The minimum atomic E-state index is -0.246. The van der Waals surface area contributed by atoms with E-state index in [2.05, 4.69) is 17.4 Å². The fraction of sp³-hybridized carbons (Fsp3) is 0.435. The quantitative estimate of drug-likeness (QED) is 0.715.